The summed E-state index contributed by atoms with van der Waals surface area (Å²) in [7, 11) is 0. The van der Waals surface area contributed by atoms with E-state index in [2.05, 4.69) is 21.2 Å². The summed E-state index contributed by atoms with van der Waals surface area (Å²) in [6, 6.07) is 11.8. The fourth-order valence-electron chi connectivity index (χ4n) is 1.54. The van der Waals surface area contributed by atoms with Crippen molar-refractivity contribution in [3.63, 3.8) is 0 Å². The normalized spacial score (nSPS) is 10.3. The molecule has 0 bridgehead atoms. The van der Waals surface area contributed by atoms with Crippen molar-refractivity contribution in [1.82, 2.24) is 0 Å². The van der Waals surface area contributed by atoms with E-state index in [4.69, 9.17) is 16.3 Å². The molecule has 0 atom stereocenters. The first kappa shape index (κ1) is 14.2. The summed E-state index contributed by atoms with van der Waals surface area (Å²) < 4.78 is 19.5. The van der Waals surface area contributed by atoms with E-state index >= 15 is 0 Å². The van der Waals surface area contributed by atoms with Gasteiger partial charge in [0, 0.05) is 11.0 Å². The fraction of sp³-hybridized carbons (Fsp3) is 0.143. The fourth-order valence-corrected chi connectivity index (χ4v) is 2.11. The molecule has 0 amide bonds. The molecule has 0 fully saturated rings. The molecular formula is C14H12BrClFNO. The number of anilines is 1. The molecule has 0 radical (unpaired) electrons. The second-order valence-electron chi connectivity index (χ2n) is 3.86. The van der Waals surface area contributed by atoms with Crippen LogP contribution >= 0.6 is 27.5 Å². The Morgan fingerprint density at radius 2 is 2.05 bits per heavy atom. The lowest BCUT2D eigenvalue weighted by molar-refractivity contribution is 0.332. The second kappa shape index (κ2) is 6.78. The third kappa shape index (κ3) is 4.40. The van der Waals surface area contributed by atoms with Gasteiger partial charge in [0.25, 0.3) is 0 Å². The minimum absolute atomic E-state index is 0.320. The number of nitrogens with one attached hydrogen (secondary N) is 1. The molecule has 0 aliphatic rings. The molecule has 0 spiro atoms. The smallest absolute Gasteiger partial charge is 0.125 e. The van der Waals surface area contributed by atoms with Crippen LogP contribution in [0.15, 0.2) is 46.9 Å². The molecule has 0 aliphatic heterocycles. The lowest BCUT2D eigenvalue weighted by Crippen LogP contribution is -2.11. The lowest BCUT2D eigenvalue weighted by Gasteiger charge is -2.10. The Morgan fingerprint density at radius 3 is 2.84 bits per heavy atom. The van der Waals surface area contributed by atoms with Gasteiger partial charge in [-0.1, -0.05) is 33.6 Å². The highest BCUT2D eigenvalue weighted by Gasteiger charge is 2.01. The maximum Gasteiger partial charge on any atom is 0.125 e. The third-order valence-corrected chi connectivity index (χ3v) is 3.23. The molecule has 0 aliphatic carbocycles. The van der Waals surface area contributed by atoms with Gasteiger partial charge in [-0.3, -0.25) is 0 Å². The van der Waals surface area contributed by atoms with Crippen LogP contribution in [0.25, 0.3) is 0 Å². The minimum atomic E-state index is -0.320. The zero-order valence-electron chi connectivity index (χ0n) is 10.00. The summed E-state index contributed by atoms with van der Waals surface area (Å²) >= 11 is 9.31. The molecule has 1 N–H and O–H groups in total. The van der Waals surface area contributed by atoms with E-state index in [1.165, 1.54) is 18.2 Å². The van der Waals surface area contributed by atoms with Gasteiger partial charge in [0.1, 0.15) is 18.2 Å². The molecule has 0 heterocycles. The minimum Gasteiger partial charge on any atom is -0.492 e. The maximum absolute atomic E-state index is 13.0. The molecule has 2 nitrogen and oxygen atoms in total. The van der Waals surface area contributed by atoms with E-state index in [-0.39, 0.29) is 5.82 Å². The summed E-state index contributed by atoms with van der Waals surface area (Å²) in [6.45, 7) is 0.999. The summed E-state index contributed by atoms with van der Waals surface area (Å²) in [4.78, 5) is 0. The average molecular weight is 345 g/mol. The molecule has 0 saturated heterocycles. The van der Waals surface area contributed by atoms with Crippen molar-refractivity contribution in [2.75, 3.05) is 18.5 Å². The quantitative estimate of drug-likeness (QED) is 0.792. The summed E-state index contributed by atoms with van der Waals surface area (Å²) in [5.41, 5.74) is 0.569. The lowest BCUT2D eigenvalue weighted by atomic mass is 10.3. The number of rotatable bonds is 5. The molecular weight excluding hydrogens is 333 g/mol. The van der Waals surface area contributed by atoms with Crippen molar-refractivity contribution in [2.24, 2.45) is 0 Å². The first-order chi connectivity index (χ1) is 9.15. The standard InChI is InChI=1S/C14H12BrClFNO/c15-10-2-1-3-12(8-10)19-7-6-18-14-9-11(17)4-5-13(14)16/h1-5,8-9,18H,6-7H2. The van der Waals surface area contributed by atoms with E-state index in [9.17, 15) is 4.39 Å². The second-order valence-corrected chi connectivity index (χ2v) is 5.18. The summed E-state index contributed by atoms with van der Waals surface area (Å²) in [5, 5.41) is 3.52. The highest BCUT2D eigenvalue weighted by Crippen LogP contribution is 2.22. The van der Waals surface area contributed by atoms with E-state index < -0.39 is 0 Å². The molecule has 0 aromatic heterocycles. The Bertz CT molecular complexity index is 565. The topological polar surface area (TPSA) is 21.3 Å². The molecule has 5 heteroatoms. The van der Waals surface area contributed by atoms with Gasteiger partial charge < -0.3 is 10.1 Å². The van der Waals surface area contributed by atoms with Crippen LogP contribution in [0.2, 0.25) is 5.02 Å². The summed E-state index contributed by atoms with van der Waals surface area (Å²) in [6.07, 6.45) is 0. The average Bonchev–Trinajstić information content (AvgIpc) is 2.39. The van der Waals surface area contributed by atoms with Crippen molar-refractivity contribution in [2.45, 2.75) is 0 Å². The zero-order valence-corrected chi connectivity index (χ0v) is 12.3. The monoisotopic (exact) mass is 343 g/mol. The van der Waals surface area contributed by atoms with Crippen molar-refractivity contribution >= 4 is 33.2 Å². The predicted octanol–water partition coefficient (Wildman–Crippen LogP) is 4.73. The van der Waals surface area contributed by atoms with Crippen molar-refractivity contribution in [3.8, 4) is 5.75 Å². The third-order valence-electron chi connectivity index (χ3n) is 2.41. The van der Waals surface area contributed by atoms with Crippen LogP contribution in [0.4, 0.5) is 10.1 Å². The van der Waals surface area contributed by atoms with Crippen molar-refractivity contribution < 1.29 is 9.13 Å². The SMILES string of the molecule is Fc1ccc(Cl)c(NCCOc2cccc(Br)c2)c1. The van der Waals surface area contributed by atoms with E-state index in [1.54, 1.807) is 0 Å². The predicted molar refractivity (Wildman–Crippen MR) is 79.5 cm³/mol. The highest BCUT2D eigenvalue weighted by atomic mass is 79.9. The highest BCUT2D eigenvalue weighted by molar-refractivity contribution is 9.10. The van der Waals surface area contributed by atoms with E-state index in [1.807, 2.05) is 24.3 Å². The molecule has 19 heavy (non-hydrogen) atoms. The van der Waals surface area contributed by atoms with E-state index in [0.717, 1.165) is 10.2 Å². The number of hydrogen-bond donors (Lipinski definition) is 1. The van der Waals surface area contributed by atoms with Gasteiger partial charge in [0.15, 0.2) is 0 Å². The Balaban J connectivity index is 1.82. The molecule has 0 saturated carbocycles. The van der Waals surface area contributed by atoms with Crippen LogP contribution in [0.1, 0.15) is 0 Å². The van der Waals surface area contributed by atoms with Gasteiger partial charge in [-0.05, 0) is 36.4 Å². The van der Waals surface area contributed by atoms with Crippen LogP contribution in [-0.2, 0) is 0 Å². The van der Waals surface area contributed by atoms with Gasteiger partial charge >= 0.3 is 0 Å². The Morgan fingerprint density at radius 1 is 1.21 bits per heavy atom. The van der Waals surface area contributed by atoms with Crippen LogP contribution in [-0.4, -0.2) is 13.2 Å². The number of hydrogen-bond acceptors (Lipinski definition) is 2. The Labute approximate surface area is 124 Å². The number of ether oxygens (including phenoxy) is 1. The molecule has 100 valence electrons. The number of benzene rings is 2. The van der Waals surface area contributed by atoms with Crippen molar-refractivity contribution in [3.05, 3.63) is 57.8 Å². The number of halogens is 3. The van der Waals surface area contributed by atoms with Crippen LogP contribution < -0.4 is 10.1 Å². The molecule has 2 rings (SSSR count). The van der Waals surface area contributed by atoms with E-state index in [0.29, 0.717) is 23.9 Å². The van der Waals surface area contributed by atoms with Crippen LogP contribution in [0.3, 0.4) is 0 Å². The van der Waals surface area contributed by atoms with Gasteiger partial charge in [-0.25, -0.2) is 4.39 Å². The Hall–Kier alpha value is -1.26. The van der Waals surface area contributed by atoms with Gasteiger partial charge in [0.05, 0.1) is 10.7 Å². The first-order valence-electron chi connectivity index (χ1n) is 5.72. The zero-order chi connectivity index (χ0) is 13.7. The molecule has 0 unspecified atom stereocenters. The molecule has 2 aromatic carbocycles. The summed E-state index contributed by atoms with van der Waals surface area (Å²) in [5.74, 6) is 0.460. The van der Waals surface area contributed by atoms with Gasteiger partial charge in [-0.15, -0.1) is 0 Å². The molecule has 2 aromatic rings. The maximum atomic E-state index is 13.0. The van der Waals surface area contributed by atoms with Crippen LogP contribution in [0, 0.1) is 5.82 Å². The van der Waals surface area contributed by atoms with Crippen molar-refractivity contribution in [1.29, 1.82) is 0 Å². The van der Waals surface area contributed by atoms with Crippen LogP contribution in [0.5, 0.6) is 5.75 Å². The first-order valence-corrected chi connectivity index (χ1v) is 6.89. The Kier molecular flexibility index (Phi) is 5.05. The largest absolute Gasteiger partial charge is 0.492 e. The van der Waals surface area contributed by atoms with Gasteiger partial charge in [0.2, 0.25) is 0 Å². The van der Waals surface area contributed by atoms with Gasteiger partial charge in [-0.2, -0.15) is 0 Å².